The van der Waals surface area contributed by atoms with Gasteiger partial charge in [0.05, 0.1) is 11.8 Å². The van der Waals surface area contributed by atoms with Crippen LogP contribution in [-0.4, -0.2) is 30.3 Å². The third kappa shape index (κ3) is 2.66. The van der Waals surface area contributed by atoms with Crippen LogP contribution >= 0.6 is 0 Å². The number of hydrogen-bond acceptors (Lipinski definition) is 4. The lowest BCUT2D eigenvalue weighted by Crippen LogP contribution is -2.32. The molecule has 1 aliphatic rings. The molecule has 1 aromatic heterocycles. The molecule has 0 radical (unpaired) electrons. The van der Waals surface area contributed by atoms with E-state index in [-0.39, 0.29) is 12.0 Å². The molecule has 5 nitrogen and oxygen atoms in total. The van der Waals surface area contributed by atoms with Crippen molar-refractivity contribution in [3.8, 4) is 0 Å². The number of nitrogens with one attached hydrogen (secondary N) is 1. The minimum Gasteiger partial charge on any atom is -0.376 e. The van der Waals surface area contributed by atoms with E-state index in [2.05, 4.69) is 10.5 Å². The molecule has 0 bridgehead atoms. The Balaban J connectivity index is 1.96. The number of ether oxygens (including phenoxy) is 1. The van der Waals surface area contributed by atoms with Crippen LogP contribution in [0.3, 0.4) is 0 Å². The molecular weight excluding hydrogens is 220 g/mol. The molecule has 1 atom stereocenters. The molecule has 17 heavy (non-hydrogen) atoms. The van der Waals surface area contributed by atoms with Crippen LogP contribution in [0.25, 0.3) is 0 Å². The molecule has 5 heteroatoms. The highest BCUT2D eigenvalue weighted by Gasteiger charge is 2.21. The first-order valence-electron chi connectivity index (χ1n) is 6.07. The maximum atomic E-state index is 12.0. The summed E-state index contributed by atoms with van der Waals surface area (Å²) in [7, 11) is 0. The number of carbonyl (C=O) groups is 1. The number of amides is 1. The van der Waals surface area contributed by atoms with Crippen molar-refractivity contribution in [1.29, 1.82) is 0 Å². The average Bonchev–Trinajstić information content (AvgIpc) is 2.94. The zero-order valence-electron chi connectivity index (χ0n) is 10.3. The van der Waals surface area contributed by atoms with Crippen molar-refractivity contribution in [2.24, 2.45) is 0 Å². The molecule has 94 valence electrons. The highest BCUT2D eigenvalue weighted by molar-refractivity contribution is 5.96. The van der Waals surface area contributed by atoms with Gasteiger partial charge in [-0.25, -0.2) is 0 Å². The second-order valence-corrected chi connectivity index (χ2v) is 4.26. The van der Waals surface area contributed by atoms with Crippen molar-refractivity contribution < 1.29 is 14.1 Å². The monoisotopic (exact) mass is 238 g/mol. The van der Waals surface area contributed by atoms with E-state index in [0.717, 1.165) is 19.4 Å². The van der Waals surface area contributed by atoms with Crippen molar-refractivity contribution in [1.82, 2.24) is 10.5 Å². The Morgan fingerprint density at radius 2 is 2.41 bits per heavy atom. The SMILES string of the molecule is CCc1noc(C)c1C(=O)NC[C@@H]1CCCO1. The highest BCUT2D eigenvalue weighted by atomic mass is 16.5. The average molecular weight is 238 g/mol. The Hall–Kier alpha value is -1.36. The fraction of sp³-hybridized carbons (Fsp3) is 0.667. The molecule has 0 spiro atoms. The van der Waals surface area contributed by atoms with Crippen molar-refractivity contribution in [2.75, 3.05) is 13.2 Å². The van der Waals surface area contributed by atoms with Crippen LogP contribution in [0.2, 0.25) is 0 Å². The number of nitrogens with zero attached hydrogens (tertiary/aromatic N) is 1. The molecule has 1 N–H and O–H groups in total. The van der Waals surface area contributed by atoms with Gasteiger partial charge in [-0.05, 0) is 26.2 Å². The minimum absolute atomic E-state index is 0.115. The van der Waals surface area contributed by atoms with Gasteiger partial charge < -0.3 is 14.6 Å². The summed E-state index contributed by atoms with van der Waals surface area (Å²) in [5, 5.41) is 6.75. The lowest BCUT2D eigenvalue weighted by atomic mass is 10.1. The molecule has 0 aliphatic carbocycles. The molecule has 1 saturated heterocycles. The molecule has 0 saturated carbocycles. The summed E-state index contributed by atoms with van der Waals surface area (Å²) >= 11 is 0. The van der Waals surface area contributed by atoms with E-state index in [0.29, 0.717) is 30.0 Å². The maximum absolute atomic E-state index is 12.0. The van der Waals surface area contributed by atoms with Gasteiger partial charge in [-0.2, -0.15) is 0 Å². The lowest BCUT2D eigenvalue weighted by Gasteiger charge is -2.10. The molecule has 2 rings (SSSR count). The molecule has 0 aromatic carbocycles. The summed E-state index contributed by atoms with van der Waals surface area (Å²) < 4.78 is 10.5. The molecular formula is C12H18N2O3. The molecule has 1 aromatic rings. The van der Waals surface area contributed by atoms with Gasteiger partial charge in [0.25, 0.3) is 5.91 Å². The van der Waals surface area contributed by atoms with E-state index in [1.54, 1.807) is 6.92 Å². The molecule has 1 fully saturated rings. The number of aromatic nitrogens is 1. The van der Waals surface area contributed by atoms with Gasteiger partial charge in [0.15, 0.2) is 0 Å². The van der Waals surface area contributed by atoms with Crippen molar-refractivity contribution >= 4 is 5.91 Å². The van der Waals surface area contributed by atoms with Crippen LogP contribution in [0.4, 0.5) is 0 Å². The van der Waals surface area contributed by atoms with Gasteiger partial charge in [-0.15, -0.1) is 0 Å². The number of rotatable bonds is 4. The van der Waals surface area contributed by atoms with Crippen molar-refractivity contribution in [3.63, 3.8) is 0 Å². The van der Waals surface area contributed by atoms with Crippen LogP contribution in [-0.2, 0) is 11.2 Å². The van der Waals surface area contributed by atoms with E-state index in [1.165, 1.54) is 0 Å². The van der Waals surface area contributed by atoms with Gasteiger partial charge in [-0.1, -0.05) is 12.1 Å². The Labute approximate surface area is 101 Å². The summed E-state index contributed by atoms with van der Waals surface area (Å²) in [5.41, 5.74) is 1.29. The zero-order valence-corrected chi connectivity index (χ0v) is 10.3. The maximum Gasteiger partial charge on any atom is 0.256 e. The smallest absolute Gasteiger partial charge is 0.256 e. The van der Waals surface area contributed by atoms with Gasteiger partial charge in [-0.3, -0.25) is 4.79 Å². The number of aryl methyl sites for hydroxylation is 2. The summed E-state index contributed by atoms with van der Waals surface area (Å²) in [6.45, 7) is 5.07. The third-order valence-corrected chi connectivity index (χ3v) is 3.01. The van der Waals surface area contributed by atoms with Gasteiger partial charge in [0, 0.05) is 13.2 Å². The van der Waals surface area contributed by atoms with Crippen LogP contribution < -0.4 is 5.32 Å². The zero-order chi connectivity index (χ0) is 12.3. The first-order chi connectivity index (χ1) is 8.22. The first-order valence-corrected chi connectivity index (χ1v) is 6.07. The quantitative estimate of drug-likeness (QED) is 0.862. The van der Waals surface area contributed by atoms with Gasteiger partial charge in [0.2, 0.25) is 0 Å². The van der Waals surface area contributed by atoms with Gasteiger partial charge in [0.1, 0.15) is 11.3 Å². The summed E-state index contributed by atoms with van der Waals surface area (Å²) in [5.74, 6) is 0.461. The number of carbonyl (C=O) groups excluding carboxylic acids is 1. The summed E-state index contributed by atoms with van der Waals surface area (Å²) in [6, 6.07) is 0. The van der Waals surface area contributed by atoms with E-state index >= 15 is 0 Å². The molecule has 1 aliphatic heterocycles. The topological polar surface area (TPSA) is 64.4 Å². The molecule has 0 unspecified atom stereocenters. The Morgan fingerprint density at radius 3 is 3.06 bits per heavy atom. The van der Waals surface area contributed by atoms with Crippen molar-refractivity contribution in [3.05, 3.63) is 17.0 Å². The molecule has 2 heterocycles. The second-order valence-electron chi connectivity index (χ2n) is 4.26. The number of hydrogen-bond donors (Lipinski definition) is 1. The van der Waals surface area contributed by atoms with Crippen molar-refractivity contribution in [2.45, 2.75) is 39.2 Å². The third-order valence-electron chi connectivity index (χ3n) is 3.01. The summed E-state index contributed by atoms with van der Waals surface area (Å²) in [6.07, 6.45) is 2.94. The van der Waals surface area contributed by atoms with E-state index in [1.807, 2.05) is 6.92 Å². The highest BCUT2D eigenvalue weighted by Crippen LogP contribution is 2.15. The largest absolute Gasteiger partial charge is 0.376 e. The van der Waals surface area contributed by atoms with Crippen LogP contribution in [0, 0.1) is 6.92 Å². The Bertz CT molecular complexity index is 394. The second kappa shape index (κ2) is 5.31. The normalized spacial score (nSPS) is 19.5. The van der Waals surface area contributed by atoms with Crippen LogP contribution in [0.15, 0.2) is 4.52 Å². The predicted octanol–water partition coefficient (Wildman–Crippen LogP) is 1.45. The first kappa shape index (κ1) is 12.1. The van der Waals surface area contributed by atoms with E-state index < -0.39 is 0 Å². The Kier molecular flexibility index (Phi) is 3.78. The standard InChI is InChI=1S/C12H18N2O3/c1-3-10-11(8(2)17-14-10)12(15)13-7-9-5-4-6-16-9/h9H,3-7H2,1-2H3,(H,13,15)/t9-/m0/s1. The fourth-order valence-corrected chi connectivity index (χ4v) is 2.05. The fourth-order valence-electron chi connectivity index (χ4n) is 2.05. The Morgan fingerprint density at radius 1 is 1.59 bits per heavy atom. The van der Waals surface area contributed by atoms with Crippen LogP contribution in [0.5, 0.6) is 0 Å². The molecule has 1 amide bonds. The van der Waals surface area contributed by atoms with Crippen LogP contribution in [0.1, 0.15) is 41.6 Å². The minimum atomic E-state index is -0.115. The lowest BCUT2D eigenvalue weighted by molar-refractivity contribution is 0.0856. The summed E-state index contributed by atoms with van der Waals surface area (Å²) in [4.78, 5) is 12.0. The van der Waals surface area contributed by atoms with E-state index in [4.69, 9.17) is 9.26 Å². The predicted molar refractivity (Wildman–Crippen MR) is 61.9 cm³/mol. The van der Waals surface area contributed by atoms with Gasteiger partial charge >= 0.3 is 0 Å². The van der Waals surface area contributed by atoms with E-state index in [9.17, 15) is 4.79 Å².